The van der Waals surface area contributed by atoms with E-state index in [9.17, 15) is 0 Å². The third kappa shape index (κ3) is 1.88. The summed E-state index contributed by atoms with van der Waals surface area (Å²) < 4.78 is 0. The van der Waals surface area contributed by atoms with Crippen LogP contribution in [0.3, 0.4) is 0 Å². The van der Waals surface area contributed by atoms with E-state index in [0.717, 1.165) is 0 Å². The van der Waals surface area contributed by atoms with E-state index in [1.165, 1.54) is 28.8 Å². The Bertz CT molecular complexity index is 387. The van der Waals surface area contributed by atoms with Crippen LogP contribution in [0.2, 0.25) is 0 Å². The Kier molecular flexibility index (Phi) is 3.00. The number of hydrogen-bond acceptors (Lipinski definition) is 1. The van der Waals surface area contributed by atoms with E-state index in [0.29, 0.717) is 0 Å². The van der Waals surface area contributed by atoms with Gasteiger partial charge in [0.05, 0.1) is 0 Å². The highest BCUT2D eigenvalue weighted by atomic mass is 32.1. The average molecular weight is 202 g/mol. The molecule has 0 atom stereocenters. The first kappa shape index (κ1) is 9.47. The minimum atomic E-state index is 1.17. The highest BCUT2D eigenvalue weighted by molar-refractivity contribution is 7.13. The maximum absolute atomic E-state index is 2.23. The zero-order valence-corrected chi connectivity index (χ0v) is 9.18. The van der Waals surface area contributed by atoms with Crippen molar-refractivity contribution in [3.05, 3.63) is 47.3 Å². The van der Waals surface area contributed by atoms with Crippen LogP contribution in [0, 0.1) is 0 Å². The molecule has 0 aliphatic rings. The average Bonchev–Trinajstić information content (AvgIpc) is 2.72. The van der Waals surface area contributed by atoms with Gasteiger partial charge in [0.25, 0.3) is 0 Å². The highest BCUT2D eigenvalue weighted by Gasteiger charge is 2.03. The minimum Gasteiger partial charge on any atom is -0.144 e. The molecule has 0 amide bonds. The summed E-state index contributed by atoms with van der Waals surface area (Å²) in [6.45, 7) is 2.23. The van der Waals surface area contributed by atoms with Crippen molar-refractivity contribution in [3.63, 3.8) is 0 Å². The van der Waals surface area contributed by atoms with Crippen LogP contribution in [-0.4, -0.2) is 0 Å². The van der Waals surface area contributed by atoms with Crippen molar-refractivity contribution >= 4 is 11.3 Å². The monoisotopic (exact) mass is 202 g/mol. The van der Waals surface area contributed by atoms with Gasteiger partial charge in [-0.15, -0.1) is 11.3 Å². The Morgan fingerprint density at radius 1 is 1.07 bits per heavy atom. The summed E-state index contributed by atoms with van der Waals surface area (Å²) >= 11 is 1.82. The summed E-state index contributed by atoms with van der Waals surface area (Å²) in [5.74, 6) is 0. The molecule has 14 heavy (non-hydrogen) atoms. The van der Waals surface area contributed by atoms with E-state index in [1.54, 1.807) is 0 Å². The highest BCUT2D eigenvalue weighted by Crippen LogP contribution is 2.28. The van der Waals surface area contributed by atoms with Gasteiger partial charge in [0.15, 0.2) is 0 Å². The van der Waals surface area contributed by atoms with Gasteiger partial charge in [0.2, 0.25) is 0 Å². The van der Waals surface area contributed by atoms with Crippen molar-refractivity contribution in [1.29, 1.82) is 0 Å². The van der Waals surface area contributed by atoms with Crippen molar-refractivity contribution in [1.82, 2.24) is 0 Å². The Hall–Kier alpha value is -1.08. The third-order valence-electron chi connectivity index (χ3n) is 2.32. The van der Waals surface area contributed by atoms with Crippen molar-refractivity contribution < 1.29 is 0 Å². The van der Waals surface area contributed by atoms with Gasteiger partial charge in [-0.05, 0) is 29.0 Å². The zero-order chi connectivity index (χ0) is 9.80. The molecule has 72 valence electrons. The van der Waals surface area contributed by atoms with Crippen LogP contribution >= 0.6 is 11.3 Å². The van der Waals surface area contributed by atoms with E-state index < -0.39 is 0 Å². The lowest BCUT2D eigenvalue weighted by Crippen LogP contribution is -1.86. The second-order valence-electron chi connectivity index (χ2n) is 3.38. The molecule has 0 bridgehead atoms. The SMILES string of the molecule is CCCc1ccccc1-c1cccs1. The lowest BCUT2D eigenvalue weighted by molar-refractivity contribution is 0.924. The predicted octanol–water partition coefficient (Wildman–Crippen LogP) is 4.37. The second-order valence-corrected chi connectivity index (χ2v) is 4.33. The first-order chi connectivity index (χ1) is 6.92. The van der Waals surface area contributed by atoms with Gasteiger partial charge >= 0.3 is 0 Å². The Morgan fingerprint density at radius 3 is 2.64 bits per heavy atom. The van der Waals surface area contributed by atoms with Crippen LogP contribution in [0.25, 0.3) is 10.4 Å². The van der Waals surface area contributed by atoms with Crippen molar-refractivity contribution in [2.24, 2.45) is 0 Å². The number of rotatable bonds is 3. The molecule has 1 heteroatoms. The van der Waals surface area contributed by atoms with Crippen LogP contribution in [0.15, 0.2) is 41.8 Å². The lowest BCUT2D eigenvalue weighted by atomic mass is 10.0. The first-order valence-electron chi connectivity index (χ1n) is 5.03. The number of benzene rings is 1. The minimum absolute atomic E-state index is 1.17. The molecule has 0 nitrogen and oxygen atoms in total. The van der Waals surface area contributed by atoms with Crippen molar-refractivity contribution in [2.75, 3.05) is 0 Å². The molecule has 1 heterocycles. The van der Waals surface area contributed by atoms with E-state index in [4.69, 9.17) is 0 Å². The molecule has 0 radical (unpaired) electrons. The summed E-state index contributed by atoms with van der Waals surface area (Å²) in [6, 6.07) is 13.0. The van der Waals surface area contributed by atoms with Crippen LogP contribution in [-0.2, 0) is 6.42 Å². The van der Waals surface area contributed by atoms with Gasteiger partial charge in [0, 0.05) is 4.88 Å². The molecule has 0 aliphatic carbocycles. The van der Waals surface area contributed by atoms with Crippen LogP contribution < -0.4 is 0 Å². The van der Waals surface area contributed by atoms with Gasteiger partial charge in [-0.2, -0.15) is 0 Å². The quantitative estimate of drug-likeness (QED) is 0.693. The summed E-state index contributed by atoms with van der Waals surface area (Å²) in [6.07, 6.45) is 2.39. The van der Waals surface area contributed by atoms with Crippen molar-refractivity contribution in [2.45, 2.75) is 19.8 Å². The standard InChI is InChI=1S/C13H14S/c1-2-6-11-7-3-4-8-12(11)13-9-5-10-14-13/h3-5,7-10H,2,6H2,1H3. The first-order valence-corrected chi connectivity index (χ1v) is 5.91. The maximum atomic E-state index is 2.23. The molecule has 0 N–H and O–H groups in total. The number of aryl methyl sites for hydroxylation is 1. The number of hydrogen-bond donors (Lipinski definition) is 0. The van der Waals surface area contributed by atoms with Gasteiger partial charge < -0.3 is 0 Å². The molecule has 2 aromatic rings. The summed E-state index contributed by atoms with van der Waals surface area (Å²) in [4.78, 5) is 1.38. The molecule has 0 spiro atoms. The number of thiophene rings is 1. The normalized spacial score (nSPS) is 10.4. The molecule has 0 aliphatic heterocycles. The van der Waals surface area contributed by atoms with Gasteiger partial charge in [0.1, 0.15) is 0 Å². The van der Waals surface area contributed by atoms with E-state index >= 15 is 0 Å². The van der Waals surface area contributed by atoms with Gasteiger partial charge in [-0.25, -0.2) is 0 Å². The third-order valence-corrected chi connectivity index (χ3v) is 3.23. The second kappa shape index (κ2) is 4.43. The molecule has 0 fully saturated rings. The molecular weight excluding hydrogens is 188 g/mol. The predicted molar refractivity (Wildman–Crippen MR) is 63.8 cm³/mol. The molecule has 1 aromatic carbocycles. The summed E-state index contributed by atoms with van der Waals surface area (Å²) in [7, 11) is 0. The lowest BCUT2D eigenvalue weighted by Gasteiger charge is -2.05. The van der Waals surface area contributed by atoms with E-state index in [2.05, 4.69) is 48.7 Å². The molecule has 2 rings (SSSR count). The fourth-order valence-electron chi connectivity index (χ4n) is 1.68. The zero-order valence-electron chi connectivity index (χ0n) is 8.36. The Balaban J connectivity index is 2.42. The summed E-state index contributed by atoms with van der Waals surface area (Å²) in [5, 5.41) is 2.14. The smallest absolute Gasteiger partial charge is 0.0345 e. The molecule has 0 saturated heterocycles. The van der Waals surface area contributed by atoms with E-state index in [-0.39, 0.29) is 0 Å². The van der Waals surface area contributed by atoms with Gasteiger partial charge in [-0.3, -0.25) is 0 Å². The Labute approximate surface area is 89.2 Å². The van der Waals surface area contributed by atoms with Crippen LogP contribution in [0.5, 0.6) is 0 Å². The largest absolute Gasteiger partial charge is 0.144 e. The molecular formula is C13H14S. The van der Waals surface area contributed by atoms with Crippen LogP contribution in [0.1, 0.15) is 18.9 Å². The fourth-order valence-corrected chi connectivity index (χ4v) is 2.47. The van der Waals surface area contributed by atoms with Crippen LogP contribution in [0.4, 0.5) is 0 Å². The molecule has 1 aromatic heterocycles. The molecule has 0 unspecified atom stereocenters. The Morgan fingerprint density at radius 2 is 1.93 bits per heavy atom. The summed E-state index contributed by atoms with van der Waals surface area (Å²) in [5.41, 5.74) is 2.88. The van der Waals surface area contributed by atoms with Crippen molar-refractivity contribution in [3.8, 4) is 10.4 Å². The maximum Gasteiger partial charge on any atom is 0.0345 e. The fraction of sp³-hybridized carbons (Fsp3) is 0.231. The topological polar surface area (TPSA) is 0 Å². The van der Waals surface area contributed by atoms with Gasteiger partial charge in [-0.1, -0.05) is 43.7 Å². The van der Waals surface area contributed by atoms with E-state index in [1.807, 2.05) is 11.3 Å². The molecule has 0 saturated carbocycles.